The zero-order chi connectivity index (χ0) is 14.2. The van der Waals surface area contributed by atoms with E-state index in [9.17, 15) is 0 Å². The van der Waals surface area contributed by atoms with E-state index >= 15 is 0 Å². The van der Waals surface area contributed by atoms with E-state index in [1.54, 1.807) is 0 Å². The number of nitrogens with zero attached hydrogens (tertiary/aromatic N) is 3. The van der Waals surface area contributed by atoms with Gasteiger partial charge in [0.1, 0.15) is 0 Å². The second kappa shape index (κ2) is 13.0. The first-order valence-corrected chi connectivity index (χ1v) is 14.1. The van der Waals surface area contributed by atoms with Gasteiger partial charge < -0.3 is 14.9 Å². The fourth-order valence-electron chi connectivity index (χ4n) is 1.62. The first-order valence-electron chi connectivity index (χ1n) is 7.16. The van der Waals surface area contributed by atoms with Gasteiger partial charge in [-0.25, -0.2) is 0 Å². The number of rotatable bonds is 10. The number of hydrogen-bond donors (Lipinski definition) is 0. The normalized spacial score (nSPS) is 12.0. The zero-order valence-corrected chi connectivity index (χ0v) is 17.6. The van der Waals surface area contributed by atoms with E-state index in [0.717, 1.165) is 13.1 Å². The summed E-state index contributed by atoms with van der Waals surface area (Å²) in [5.41, 5.74) is 0. The van der Waals surface area contributed by atoms with E-state index in [0.29, 0.717) is 0 Å². The minimum Gasteiger partial charge on any atom is -0.665 e. The van der Waals surface area contributed by atoms with Crippen LogP contribution in [0, 0.1) is 0 Å². The Morgan fingerprint density at radius 3 is 1.25 bits per heavy atom. The molecule has 0 spiro atoms. The summed E-state index contributed by atoms with van der Waals surface area (Å²) in [6.45, 7) is 18.2. The van der Waals surface area contributed by atoms with Crippen molar-refractivity contribution in [1.82, 2.24) is 4.90 Å². The predicted octanol–water partition coefficient (Wildman–Crippen LogP) is -1.88. The molecule has 0 atom stereocenters. The predicted molar refractivity (Wildman–Crippen MR) is 89.9 cm³/mol. The summed E-state index contributed by atoms with van der Waals surface area (Å²) in [6, 6.07) is 0. The number of hydrogen-bond acceptors (Lipinski definition) is 1. The van der Waals surface area contributed by atoms with Crippen molar-refractivity contribution in [3.63, 3.8) is 0 Å². The van der Waals surface area contributed by atoms with Crippen molar-refractivity contribution in [2.24, 2.45) is 0 Å². The van der Waals surface area contributed by atoms with Gasteiger partial charge in [0.25, 0.3) is 0 Å². The van der Waals surface area contributed by atoms with E-state index in [-0.39, 0.29) is 37.7 Å². The molecule has 0 saturated carbocycles. The summed E-state index contributed by atoms with van der Waals surface area (Å²) in [6.07, 6.45) is 2.40. The van der Waals surface area contributed by atoms with Gasteiger partial charge in [-0.2, -0.15) is 0 Å². The summed E-state index contributed by atoms with van der Waals surface area (Å²) >= 11 is 0. The molecular weight excluding hydrogens is 268 g/mol. The van der Waals surface area contributed by atoms with Gasteiger partial charge in [0.2, 0.25) is 0 Å². The molecule has 0 N–H and O–H groups in total. The Hall–Kier alpha value is 1.51. The summed E-state index contributed by atoms with van der Waals surface area (Å²) in [7, 11) is -0.159. The molecule has 20 heavy (non-hydrogen) atoms. The van der Waals surface area contributed by atoms with Crippen LogP contribution in [0.3, 0.4) is 0 Å². The van der Waals surface area contributed by atoms with E-state index in [4.69, 9.17) is 9.96 Å². The maximum atomic E-state index is 4.76. The molecule has 0 aromatic carbocycles. The van der Waals surface area contributed by atoms with Crippen molar-refractivity contribution in [3.8, 4) is 0 Å². The molecular formula is C13H33Li2N3Si2. The Morgan fingerprint density at radius 1 is 0.700 bits per heavy atom. The van der Waals surface area contributed by atoms with Gasteiger partial charge in [0.15, 0.2) is 0 Å². The first-order chi connectivity index (χ1) is 8.10. The molecule has 110 valence electrons. The molecule has 7 heteroatoms. The third kappa shape index (κ3) is 21.8. The van der Waals surface area contributed by atoms with Crippen LogP contribution in [0.4, 0.5) is 0 Å². The van der Waals surface area contributed by atoms with Crippen LogP contribution in [0.15, 0.2) is 0 Å². The Balaban J connectivity index is -0.00000144. The van der Waals surface area contributed by atoms with Gasteiger partial charge in [0, 0.05) is 0 Å². The van der Waals surface area contributed by atoms with E-state index in [2.05, 4.69) is 51.2 Å². The zero-order valence-electron chi connectivity index (χ0n) is 15.6. The van der Waals surface area contributed by atoms with Gasteiger partial charge in [-0.05, 0) is 20.1 Å². The van der Waals surface area contributed by atoms with Crippen LogP contribution >= 0.6 is 0 Å². The summed E-state index contributed by atoms with van der Waals surface area (Å²) in [5, 5.41) is 0. The topological polar surface area (TPSA) is 31.4 Å². The minimum atomic E-state index is -1.19. The molecule has 0 aliphatic rings. The molecule has 3 nitrogen and oxygen atoms in total. The van der Waals surface area contributed by atoms with Gasteiger partial charge in [0.05, 0.1) is 0 Å². The Labute approximate surface area is 153 Å². The fraction of sp³-hybridized carbons (Fsp3) is 1.00. The van der Waals surface area contributed by atoms with Crippen molar-refractivity contribution >= 4 is 16.5 Å². The Kier molecular flexibility index (Phi) is 17.2. The van der Waals surface area contributed by atoms with Crippen molar-refractivity contribution in [2.45, 2.75) is 52.1 Å². The van der Waals surface area contributed by atoms with Gasteiger partial charge in [-0.15, -0.1) is 13.1 Å². The Morgan fingerprint density at radius 2 is 1.00 bits per heavy atom. The molecule has 0 aromatic heterocycles. The fourth-order valence-corrected chi connectivity index (χ4v) is 3.28. The molecule has 0 radical (unpaired) electrons. The first kappa shape index (κ1) is 26.4. The van der Waals surface area contributed by atoms with Crippen molar-refractivity contribution in [1.29, 1.82) is 0 Å². The molecule has 0 bridgehead atoms. The average Bonchev–Trinajstić information content (AvgIpc) is 2.17. The van der Waals surface area contributed by atoms with Crippen LogP contribution in [0.5, 0.6) is 0 Å². The summed E-state index contributed by atoms with van der Waals surface area (Å²) in [5.74, 6) is 0. The third-order valence-corrected chi connectivity index (χ3v) is 4.91. The summed E-state index contributed by atoms with van der Waals surface area (Å²) in [4.78, 5) is 11.9. The quantitative estimate of drug-likeness (QED) is 0.343. The average molecular weight is 301 g/mol. The third-order valence-electron chi connectivity index (χ3n) is 2.57. The monoisotopic (exact) mass is 301 g/mol. The van der Waals surface area contributed by atoms with Crippen LogP contribution in [0.2, 0.25) is 39.3 Å². The van der Waals surface area contributed by atoms with Crippen molar-refractivity contribution in [2.75, 3.05) is 33.2 Å². The maximum absolute atomic E-state index is 4.76. The van der Waals surface area contributed by atoms with Crippen LogP contribution in [-0.2, 0) is 0 Å². The van der Waals surface area contributed by atoms with E-state index in [1.807, 2.05) is 0 Å². The van der Waals surface area contributed by atoms with Gasteiger partial charge >= 0.3 is 37.7 Å². The molecule has 0 heterocycles. The smallest absolute Gasteiger partial charge is 0.665 e. The van der Waals surface area contributed by atoms with Gasteiger partial charge in [-0.3, -0.25) is 0 Å². The van der Waals surface area contributed by atoms with Crippen LogP contribution in [0.25, 0.3) is 9.96 Å². The maximum Gasteiger partial charge on any atom is 1.00 e. The molecule has 0 aromatic rings. The molecule has 0 amide bonds. The SMILES string of the molecule is CN(CCC[N-][Si](C)(C)C)CCC[N-][Si](C)(C)C.[Li+].[Li+]. The Bertz CT molecular complexity index is 197. The van der Waals surface area contributed by atoms with Crippen molar-refractivity contribution < 1.29 is 37.7 Å². The van der Waals surface area contributed by atoms with Gasteiger partial charge in [-0.1, -0.05) is 68.6 Å². The largest absolute Gasteiger partial charge is 1.00 e. The molecule has 0 saturated heterocycles. The minimum absolute atomic E-state index is 0. The van der Waals surface area contributed by atoms with Crippen LogP contribution in [0.1, 0.15) is 12.8 Å². The van der Waals surface area contributed by atoms with E-state index in [1.165, 1.54) is 25.9 Å². The van der Waals surface area contributed by atoms with Crippen LogP contribution in [-0.4, -0.2) is 54.6 Å². The second-order valence-corrected chi connectivity index (χ2v) is 16.4. The van der Waals surface area contributed by atoms with Crippen molar-refractivity contribution in [3.05, 3.63) is 9.96 Å². The summed E-state index contributed by atoms with van der Waals surface area (Å²) < 4.78 is 0. The van der Waals surface area contributed by atoms with E-state index < -0.39 is 16.5 Å². The molecule has 0 unspecified atom stereocenters. The van der Waals surface area contributed by atoms with Crippen LogP contribution < -0.4 is 37.7 Å². The molecule has 0 aliphatic carbocycles. The molecule has 0 fully saturated rings. The standard InChI is InChI=1S/C13H33N3Si2.2Li/c1-16(12-8-10-14-17(2,3)4)13-9-11-15-18(5,6)7;;/h8-13H2,1-7H3;;/q-2;2*+1. The second-order valence-electron chi connectivity index (χ2n) is 7.12. The molecule has 0 rings (SSSR count). The molecule has 0 aliphatic heterocycles.